The lowest BCUT2D eigenvalue weighted by Crippen LogP contribution is -2.28. The van der Waals surface area contributed by atoms with Crippen molar-refractivity contribution in [2.75, 3.05) is 13.1 Å². The van der Waals surface area contributed by atoms with Crippen LogP contribution in [0.1, 0.15) is 24.3 Å². The molecule has 2 heterocycles. The predicted octanol–water partition coefficient (Wildman–Crippen LogP) is 1.73. The zero-order chi connectivity index (χ0) is 8.39. The fraction of sp³-hybridized carbons (Fsp3) is 0.667. The van der Waals surface area contributed by atoms with Crippen LogP contribution in [0.5, 0.6) is 0 Å². The first kappa shape index (κ1) is 13.8. The van der Waals surface area contributed by atoms with E-state index in [4.69, 9.17) is 0 Å². The van der Waals surface area contributed by atoms with E-state index in [1.807, 2.05) is 17.9 Å². The SMILES string of the molecule is Cl.Cl.Cn1cc(C2CCCNC2)cn1. The van der Waals surface area contributed by atoms with Crippen LogP contribution >= 0.6 is 24.8 Å². The molecule has 82 valence electrons. The maximum Gasteiger partial charge on any atom is 0.0524 e. The molecule has 14 heavy (non-hydrogen) atoms. The standard InChI is InChI=1S/C9H15N3.2ClH/c1-12-7-9(6-11-12)8-3-2-4-10-5-8;;/h6-8,10H,2-5H2,1H3;2*1H. The first-order valence-electron chi connectivity index (χ1n) is 4.55. The fourth-order valence-electron chi connectivity index (χ4n) is 1.79. The molecule has 1 atom stereocenters. The maximum absolute atomic E-state index is 4.18. The number of rotatable bonds is 1. The molecule has 1 aliphatic heterocycles. The Kier molecular flexibility index (Phi) is 6.16. The van der Waals surface area contributed by atoms with E-state index in [9.17, 15) is 0 Å². The molecular formula is C9H17Cl2N3. The fourth-order valence-corrected chi connectivity index (χ4v) is 1.79. The Hall–Kier alpha value is -0.250. The van der Waals surface area contributed by atoms with Crippen molar-refractivity contribution >= 4 is 24.8 Å². The first-order chi connectivity index (χ1) is 5.86. The molecule has 0 aliphatic carbocycles. The van der Waals surface area contributed by atoms with Gasteiger partial charge in [0, 0.05) is 19.8 Å². The van der Waals surface area contributed by atoms with Crippen LogP contribution in [0.25, 0.3) is 0 Å². The van der Waals surface area contributed by atoms with Gasteiger partial charge >= 0.3 is 0 Å². The molecule has 1 aromatic heterocycles. The molecule has 0 amide bonds. The molecule has 0 aromatic carbocycles. The number of halogens is 2. The van der Waals surface area contributed by atoms with E-state index in [1.165, 1.54) is 24.9 Å². The molecule has 1 N–H and O–H groups in total. The highest BCUT2D eigenvalue weighted by Crippen LogP contribution is 2.21. The lowest BCUT2D eigenvalue weighted by molar-refractivity contribution is 0.461. The average molecular weight is 238 g/mol. The monoisotopic (exact) mass is 237 g/mol. The van der Waals surface area contributed by atoms with Gasteiger partial charge in [-0.3, -0.25) is 4.68 Å². The summed E-state index contributed by atoms with van der Waals surface area (Å²) in [6.45, 7) is 2.29. The highest BCUT2D eigenvalue weighted by Gasteiger charge is 2.15. The largest absolute Gasteiger partial charge is 0.316 e. The molecule has 3 nitrogen and oxygen atoms in total. The van der Waals surface area contributed by atoms with Crippen molar-refractivity contribution < 1.29 is 0 Å². The Balaban J connectivity index is 0.000000845. The zero-order valence-corrected chi connectivity index (χ0v) is 9.90. The summed E-state index contributed by atoms with van der Waals surface area (Å²) in [6, 6.07) is 0. The number of hydrogen-bond donors (Lipinski definition) is 1. The summed E-state index contributed by atoms with van der Waals surface area (Å²) in [5, 5.41) is 7.59. The number of aromatic nitrogens is 2. The van der Waals surface area contributed by atoms with Crippen molar-refractivity contribution in [2.45, 2.75) is 18.8 Å². The normalized spacial score (nSPS) is 20.8. The summed E-state index contributed by atoms with van der Waals surface area (Å²) >= 11 is 0. The first-order valence-corrected chi connectivity index (χ1v) is 4.55. The summed E-state index contributed by atoms with van der Waals surface area (Å²) < 4.78 is 1.88. The smallest absolute Gasteiger partial charge is 0.0524 e. The Bertz CT molecular complexity index is 256. The molecule has 1 aromatic rings. The minimum Gasteiger partial charge on any atom is -0.316 e. The number of piperidine rings is 1. The van der Waals surface area contributed by atoms with Crippen LogP contribution in [-0.2, 0) is 7.05 Å². The predicted molar refractivity (Wildman–Crippen MR) is 62.5 cm³/mol. The second-order valence-electron chi connectivity index (χ2n) is 3.49. The van der Waals surface area contributed by atoms with Crippen molar-refractivity contribution in [3.63, 3.8) is 0 Å². The van der Waals surface area contributed by atoms with Gasteiger partial charge in [0.25, 0.3) is 0 Å². The van der Waals surface area contributed by atoms with Crippen molar-refractivity contribution in [1.29, 1.82) is 0 Å². The molecule has 1 unspecified atom stereocenters. The summed E-state index contributed by atoms with van der Waals surface area (Å²) in [6.07, 6.45) is 6.70. The van der Waals surface area contributed by atoms with Crippen LogP contribution in [0.4, 0.5) is 0 Å². The van der Waals surface area contributed by atoms with Crippen molar-refractivity contribution in [2.24, 2.45) is 7.05 Å². The summed E-state index contributed by atoms with van der Waals surface area (Å²) in [5.41, 5.74) is 1.38. The highest BCUT2D eigenvalue weighted by molar-refractivity contribution is 5.85. The van der Waals surface area contributed by atoms with Crippen LogP contribution < -0.4 is 5.32 Å². The Morgan fingerprint density at radius 2 is 2.29 bits per heavy atom. The molecule has 5 heteroatoms. The minimum absolute atomic E-state index is 0. The Labute approximate surface area is 97.1 Å². The number of nitrogens with zero attached hydrogens (tertiary/aromatic N) is 2. The van der Waals surface area contributed by atoms with Crippen molar-refractivity contribution in [3.05, 3.63) is 18.0 Å². The number of nitrogens with one attached hydrogen (secondary N) is 1. The van der Waals surface area contributed by atoms with Gasteiger partial charge < -0.3 is 5.32 Å². The third kappa shape index (κ3) is 3.15. The Morgan fingerprint density at radius 1 is 1.50 bits per heavy atom. The molecule has 0 saturated carbocycles. The van der Waals surface area contributed by atoms with Gasteiger partial charge in [0.2, 0.25) is 0 Å². The molecule has 0 spiro atoms. The van der Waals surface area contributed by atoms with E-state index in [2.05, 4.69) is 16.6 Å². The van der Waals surface area contributed by atoms with Crippen LogP contribution in [0.2, 0.25) is 0 Å². The van der Waals surface area contributed by atoms with Gasteiger partial charge in [0.1, 0.15) is 0 Å². The zero-order valence-electron chi connectivity index (χ0n) is 8.27. The van der Waals surface area contributed by atoms with Crippen molar-refractivity contribution in [3.8, 4) is 0 Å². The van der Waals surface area contributed by atoms with Gasteiger partial charge in [0.05, 0.1) is 6.20 Å². The molecule has 1 saturated heterocycles. The molecule has 0 bridgehead atoms. The lowest BCUT2D eigenvalue weighted by atomic mass is 9.94. The van der Waals surface area contributed by atoms with Crippen molar-refractivity contribution in [1.82, 2.24) is 15.1 Å². The number of aryl methyl sites for hydroxylation is 1. The van der Waals surface area contributed by atoms with Gasteiger partial charge in [-0.25, -0.2) is 0 Å². The quantitative estimate of drug-likeness (QED) is 0.807. The number of hydrogen-bond acceptors (Lipinski definition) is 2. The van der Waals surface area contributed by atoms with E-state index in [0.29, 0.717) is 5.92 Å². The van der Waals surface area contributed by atoms with E-state index < -0.39 is 0 Å². The van der Waals surface area contributed by atoms with E-state index in [1.54, 1.807) is 0 Å². The third-order valence-electron chi connectivity index (χ3n) is 2.49. The van der Waals surface area contributed by atoms with E-state index in [-0.39, 0.29) is 24.8 Å². The topological polar surface area (TPSA) is 29.9 Å². The molecule has 2 rings (SSSR count). The summed E-state index contributed by atoms with van der Waals surface area (Å²) in [5.74, 6) is 0.687. The van der Waals surface area contributed by atoms with Crippen LogP contribution in [-0.4, -0.2) is 22.9 Å². The summed E-state index contributed by atoms with van der Waals surface area (Å²) in [4.78, 5) is 0. The van der Waals surface area contributed by atoms with Gasteiger partial charge in [-0.2, -0.15) is 5.10 Å². The summed E-state index contributed by atoms with van der Waals surface area (Å²) in [7, 11) is 1.97. The molecule has 0 radical (unpaired) electrons. The van der Waals surface area contributed by atoms with E-state index >= 15 is 0 Å². The third-order valence-corrected chi connectivity index (χ3v) is 2.49. The van der Waals surface area contributed by atoms with Gasteiger partial charge in [-0.1, -0.05) is 0 Å². The van der Waals surface area contributed by atoms with Gasteiger partial charge in [-0.05, 0) is 30.9 Å². The second-order valence-corrected chi connectivity index (χ2v) is 3.49. The van der Waals surface area contributed by atoms with Crippen LogP contribution in [0.3, 0.4) is 0 Å². The van der Waals surface area contributed by atoms with Crippen LogP contribution in [0.15, 0.2) is 12.4 Å². The van der Waals surface area contributed by atoms with Gasteiger partial charge in [-0.15, -0.1) is 24.8 Å². The molecule has 1 aliphatic rings. The van der Waals surface area contributed by atoms with E-state index in [0.717, 1.165) is 6.54 Å². The highest BCUT2D eigenvalue weighted by atomic mass is 35.5. The Morgan fingerprint density at radius 3 is 2.79 bits per heavy atom. The lowest BCUT2D eigenvalue weighted by Gasteiger charge is -2.21. The average Bonchev–Trinajstić information content (AvgIpc) is 2.54. The van der Waals surface area contributed by atoms with Crippen LogP contribution in [0, 0.1) is 0 Å². The van der Waals surface area contributed by atoms with Gasteiger partial charge in [0.15, 0.2) is 0 Å². The second kappa shape index (κ2) is 6.27. The molecule has 1 fully saturated rings. The minimum atomic E-state index is 0. The molecular weight excluding hydrogens is 221 g/mol. The maximum atomic E-state index is 4.18.